The van der Waals surface area contributed by atoms with E-state index in [2.05, 4.69) is 31.7 Å². The van der Waals surface area contributed by atoms with Gasteiger partial charge in [-0.3, -0.25) is 9.59 Å². The first-order valence-corrected chi connectivity index (χ1v) is 11.0. The zero-order valence-electron chi connectivity index (χ0n) is 17.0. The summed E-state index contributed by atoms with van der Waals surface area (Å²) in [5, 5.41) is 10.8. The molecule has 156 valence electrons. The molecule has 3 aromatic rings. The number of aromatic nitrogens is 2. The molecule has 0 radical (unpaired) electrons. The van der Waals surface area contributed by atoms with E-state index in [9.17, 15) is 9.59 Å². The van der Waals surface area contributed by atoms with Gasteiger partial charge in [0, 0.05) is 27.9 Å². The fraction of sp³-hybridized carbons (Fsp3) is 0.208. The van der Waals surface area contributed by atoms with E-state index in [-0.39, 0.29) is 17.7 Å². The van der Waals surface area contributed by atoms with Crippen molar-refractivity contribution < 1.29 is 9.59 Å². The van der Waals surface area contributed by atoms with E-state index >= 15 is 0 Å². The van der Waals surface area contributed by atoms with Gasteiger partial charge in [-0.05, 0) is 49.6 Å². The number of rotatable bonds is 3. The molecule has 2 aromatic carbocycles. The van der Waals surface area contributed by atoms with Gasteiger partial charge in [0.15, 0.2) is 5.78 Å². The largest absolute Gasteiger partial charge is 0.343 e. The number of anilines is 2. The molecule has 6 nitrogen and oxygen atoms in total. The number of aryl methyl sites for hydroxylation is 1. The molecule has 1 atom stereocenters. The lowest BCUT2D eigenvalue weighted by Crippen LogP contribution is -2.32. The molecule has 1 aromatic heterocycles. The van der Waals surface area contributed by atoms with Crippen LogP contribution in [0.4, 0.5) is 11.5 Å². The van der Waals surface area contributed by atoms with Crippen molar-refractivity contribution >= 4 is 39.1 Å². The molecule has 5 rings (SSSR count). The predicted molar refractivity (Wildman–Crippen MR) is 123 cm³/mol. The fourth-order valence-electron chi connectivity index (χ4n) is 4.21. The van der Waals surface area contributed by atoms with Crippen LogP contribution < -0.4 is 10.6 Å². The molecule has 0 saturated heterocycles. The van der Waals surface area contributed by atoms with Crippen molar-refractivity contribution in [2.45, 2.75) is 32.2 Å². The summed E-state index contributed by atoms with van der Waals surface area (Å²) in [5.41, 5.74) is 4.90. The Morgan fingerprint density at radius 2 is 1.87 bits per heavy atom. The number of carbonyl (C=O) groups is 2. The lowest BCUT2D eigenvalue weighted by Gasteiger charge is -2.33. The molecule has 1 aliphatic carbocycles. The van der Waals surface area contributed by atoms with Gasteiger partial charge in [0.1, 0.15) is 17.4 Å². The Balaban J connectivity index is 1.56. The number of nitrogens with one attached hydrogen (secondary N) is 2. The number of ketones is 1. The van der Waals surface area contributed by atoms with Gasteiger partial charge in [0.05, 0.1) is 6.20 Å². The quantitative estimate of drug-likeness (QED) is 0.542. The number of allylic oxidation sites excluding steroid dienone is 2. The van der Waals surface area contributed by atoms with E-state index < -0.39 is 0 Å². The topological polar surface area (TPSA) is 76.0 Å². The van der Waals surface area contributed by atoms with Crippen LogP contribution in [-0.2, 0) is 4.79 Å². The Labute approximate surface area is 188 Å². The Bertz CT molecular complexity index is 1210. The van der Waals surface area contributed by atoms with Gasteiger partial charge in [0.2, 0.25) is 0 Å². The van der Waals surface area contributed by atoms with Crippen molar-refractivity contribution in [3.05, 3.63) is 87.2 Å². The van der Waals surface area contributed by atoms with E-state index in [0.29, 0.717) is 17.8 Å². The molecule has 2 N–H and O–H groups in total. The van der Waals surface area contributed by atoms with Crippen LogP contribution in [0, 0.1) is 6.92 Å². The fourth-order valence-corrected chi connectivity index (χ4v) is 4.48. The second-order valence-electron chi connectivity index (χ2n) is 7.92. The van der Waals surface area contributed by atoms with Crippen molar-refractivity contribution in [3.8, 4) is 0 Å². The van der Waals surface area contributed by atoms with Crippen LogP contribution in [0.2, 0.25) is 0 Å². The maximum Gasteiger partial charge on any atom is 0.261 e. The van der Waals surface area contributed by atoms with Crippen molar-refractivity contribution in [3.63, 3.8) is 0 Å². The summed E-state index contributed by atoms with van der Waals surface area (Å²) < 4.78 is 2.73. The second-order valence-corrected chi connectivity index (χ2v) is 8.84. The van der Waals surface area contributed by atoms with Gasteiger partial charge in [0.25, 0.3) is 5.91 Å². The third-order valence-corrected chi connectivity index (χ3v) is 6.31. The average Bonchev–Trinajstić information content (AvgIpc) is 3.18. The van der Waals surface area contributed by atoms with Crippen LogP contribution in [-0.4, -0.2) is 21.5 Å². The summed E-state index contributed by atoms with van der Waals surface area (Å²) in [6.45, 7) is 2.00. The summed E-state index contributed by atoms with van der Waals surface area (Å²) in [6.07, 6.45) is 3.68. The number of Topliss-reactive ketones (excluding diaryl/α,β-unsaturated/α-hetero) is 1. The first-order chi connectivity index (χ1) is 15.0. The lowest BCUT2D eigenvalue weighted by atomic mass is 9.85. The van der Waals surface area contributed by atoms with E-state index in [1.807, 2.05) is 55.5 Å². The third-order valence-electron chi connectivity index (χ3n) is 5.78. The molecular weight excluding hydrogens is 456 g/mol. The normalized spacial score (nSPS) is 17.6. The van der Waals surface area contributed by atoms with Crippen LogP contribution in [0.5, 0.6) is 0 Å². The van der Waals surface area contributed by atoms with Gasteiger partial charge in [-0.25, -0.2) is 4.68 Å². The van der Waals surface area contributed by atoms with Crippen LogP contribution in [0.25, 0.3) is 0 Å². The molecule has 0 bridgehead atoms. The highest BCUT2D eigenvalue weighted by Crippen LogP contribution is 2.41. The predicted octanol–water partition coefficient (Wildman–Crippen LogP) is 5.23. The highest BCUT2D eigenvalue weighted by molar-refractivity contribution is 9.10. The van der Waals surface area contributed by atoms with E-state index in [0.717, 1.165) is 45.4 Å². The van der Waals surface area contributed by atoms with Gasteiger partial charge in [-0.1, -0.05) is 45.8 Å². The average molecular weight is 477 g/mol. The number of halogens is 1. The lowest BCUT2D eigenvalue weighted by molar-refractivity contribution is -0.116. The number of amides is 1. The molecule has 0 fully saturated rings. The van der Waals surface area contributed by atoms with Crippen molar-refractivity contribution in [2.24, 2.45) is 0 Å². The van der Waals surface area contributed by atoms with E-state index in [4.69, 9.17) is 0 Å². The van der Waals surface area contributed by atoms with Crippen molar-refractivity contribution in [1.29, 1.82) is 0 Å². The smallest absolute Gasteiger partial charge is 0.261 e. The zero-order chi connectivity index (χ0) is 21.5. The molecule has 2 aliphatic rings. The molecule has 1 unspecified atom stereocenters. The Morgan fingerprint density at radius 1 is 1.13 bits per heavy atom. The van der Waals surface area contributed by atoms with Crippen LogP contribution in [0.3, 0.4) is 0 Å². The summed E-state index contributed by atoms with van der Waals surface area (Å²) in [4.78, 5) is 25.9. The van der Waals surface area contributed by atoms with Crippen molar-refractivity contribution in [2.75, 3.05) is 10.6 Å². The van der Waals surface area contributed by atoms with Crippen LogP contribution in [0.15, 0.2) is 70.5 Å². The summed E-state index contributed by atoms with van der Waals surface area (Å²) in [7, 11) is 0. The maximum atomic E-state index is 13.1. The number of carbonyl (C=O) groups excluding carboxylic acids is 2. The van der Waals surface area contributed by atoms with Crippen LogP contribution in [0.1, 0.15) is 46.8 Å². The number of hydrogen-bond donors (Lipinski definition) is 2. The number of nitrogens with zero attached hydrogens (tertiary/aromatic N) is 2. The molecule has 0 saturated carbocycles. The molecule has 1 amide bonds. The zero-order valence-corrected chi connectivity index (χ0v) is 18.6. The number of benzene rings is 2. The van der Waals surface area contributed by atoms with Gasteiger partial charge < -0.3 is 10.6 Å². The molecule has 7 heteroatoms. The standard InChI is InChI=1S/C24H21BrN4O2/c1-14-5-11-17(12-6-14)27-24(31)18-13-26-29-22(15-7-9-16(25)10-8-15)21-19(28-23(18)29)3-2-4-20(21)30/h5-13,22,28H,2-4H2,1H3,(H,27,31). The number of fused-ring (bicyclic) bond motifs is 1. The highest BCUT2D eigenvalue weighted by atomic mass is 79.9. The Kier molecular flexibility index (Phi) is 4.98. The summed E-state index contributed by atoms with van der Waals surface area (Å²) in [5.74, 6) is 0.512. The highest BCUT2D eigenvalue weighted by Gasteiger charge is 2.37. The molecule has 2 heterocycles. The minimum atomic E-state index is -0.354. The minimum absolute atomic E-state index is 0.133. The van der Waals surface area contributed by atoms with Gasteiger partial charge in [-0.15, -0.1) is 0 Å². The molecule has 0 spiro atoms. The minimum Gasteiger partial charge on any atom is -0.343 e. The van der Waals surface area contributed by atoms with Crippen molar-refractivity contribution in [1.82, 2.24) is 9.78 Å². The van der Waals surface area contributed by atoms with Crippen LogP contribution >= 0.6 is 15.9 Å². The van der Waals surface area contributed by atoms with Gasteiger partial charge >= 0.3 is 0 Å². The summed E-state index contributed by atoms with van der Waals surface area (Å²) in [6, 6.07) is 15.2. The number of hydrogen-bond acceptors (Lipinski definition) is 4. The maximum absolute atomic E-state index is 13.1. The molecule has 1 aliphatic heterocycles. The third kappa shape index (κ3) is 3.59. The molecule has 31 heavy (non-hydrogen) atoms. The Hall–Kier alpha value is -3.19. The van der Waals surface area contributed by atoms with Gasteiger partial charge in [-0.2, -0.15) is 5.10 Å². The second kappa shape index (κ2) is 7.81. The summed E-state index contributed by atoms with van der Waals surface area (Å²) >= 11 is 3.47. The van der Waals surface area contributed by atoms with E-state index in [1.54, 1.807) is 10.9 Å². The molecular formula is C24H21BrN4O2. The van der Waals surface area contributed by atoms with E-state index in [1.165, 1.54) is 0 Å². The first-order valence-electron chi connectivity index (χ1n) is 10.3. The SMILES string of the molecule is Cc1ccc(NC(=O)c2cnn3c2NC2=C(C(=O)CCC2)C3c2ccc(Br)cc2)cc1. The monoisotopic (exact) mass is 476 g/mol. The Morgan fingerprint density at radius 3 is 2.61 bits per heavy atom. The first kappa shape index (κ1) is 19.8.